The molecule has 1 aromatic carbocycles. The van der Waals surface area contributed by atoms with Crippen LogP contribution in [-0.4, -0.2) is 34.1 Å². The molecule has 1 aliphatic carbocycles. The number of hydrogen-bond acceptors (Lipinski definition) is 3. The summed E-state index contributed by atoms with van der Waals surface area (Å²) >= 11 is 0. The Bertz CT molecular complexity index is 1240. The Kier molecular flexibility index (Phi) is 5.80. The number of halogens is 4. The molecule has 0 amide bonds. The minimum Gasteiger partial charge on any atom is -0.315 e. The minimum absolute atomic E-state index is 0.00475. The fourth-order valence-electron chi connectivity index (χ4n) is 5.32. The zero-order chi connectivity index (χ0) is 23.9. The van der Waals surface area contributed by atoms with E-state index in [0.717, 1.165) is 44.5 Å². The summed E-state index contributed by atoms with van der Waals surface area (Å²) in [6.07, 6.45) is 1.55. The molecule has 2 aromatic heterocycles. The Morgan fingerprint density at radius 2 is 1.82 bits per heavy atom. The lowest BCUT2D eigenvalue weighted by Gasteiger charge is -2.21. The van der Waals surface area contributed by atoms with E-state index in [2.05, 4.69) is 9.88 Å². The summed E-state index contributed by atoms with van der Waals surface area (Å²) < 4.78 is 53.7. The summed E-state index contributed by atoms with van der Waals surface area (Å²) in [7, 11) is 0. The van der Waals surface area contributed by atoms with Crippen molar-refractivity contribution < 1.29 is 17.6 Å². The van der Waals surface area contributed by atoms with Crippen LogP contribution in [0.3, 0.4) is 0 Å². The summed E-state index contributed by atoms with van der Waals surface area (Å²) in [6.45, 7) is 3.29. The molecule has 0 N–H and O–H groups in total. The minimum atomic E-state index is -4.31. The van der Waals surface area contributed by atoms with Crippen molar-refractivity contribution in [2.45, 2.75) is 37.4 Å². The molecule has 2 aliphatic rings. The van der Waals surface area contributed by atoms with Crippen molar-refractivity contribution >= 4 is 0 Å². The number of unbranched alkanes of at least 4 members (excludes halogenated alkanes) is 1. The van der Waals surface area contributed by atoms with E-state index in [4.69, 9.17) is 0 Å². The van der Waals surface area contributed by atoms with Gasteiger partial charge < -0.3 is 9.47 Å². The van der Waals surface area contributed by atoms with Gasteiger partial charge in [0.15, 0.2) is 0 Å². The second-order valence-electron chi connectivity index (χ2n) is 9.36. The number of benzene rings is 1. The number of alkyl halides is 3. The van der Waals surface area contributed by atoms with Crippen LogP contribution < -0.4 is 5.56 Å². The first-order chi connectivity index (χ1) is 16.3. The number of likely N-dealkylation sites (tertiary alicyclic amines) is 1. The number of hydrogen-bond donors (Lipinski definition) is 0. The third-order valence-electron chi connectivity index (χ3n) is 7.18. The van der Waals surface area contributed by atoms with E-state index >= 15 is 0 Å². The second-order valence-corrected chi connectivity index (χ2v) is 9.36. The largest absolute Gasteiger partial charge is 0.416 e. The lowest BCUT2D eigenvalue weighted by molar-refractivity contribution is -0.137. The number of rotatable bonds is 7. The molecule has 2 fully saturated rings. The quantitative estimate of drug-likeness (QED) is 0.273. The van der Waals surface area contributed by atoms with Crippen molar-refractivity contribution in [2.24, 2.45) is 5.92 Å². The topological polar surface area (TPSA) is 38.1 Å². The number of fused-ring (bicyclic) bond motifs is 1. The van der Waals surface area contributed by atoms with Crippen LogP contribution in [0.25, 0.3) is 11.1 Å². The van der Waals surface area contributed by atoms with Crippen molar-refractivity contribution in [1.29, 1.82) is 0 Å². The molecule has 1 saturated carbocycles. The van der Waals surface area contributed by atoms with Gasteiger partial charge in [-0.3, -0.25) is 4.79 Å². The van der Waals surface area contributed by atoms with E-state index in [-0.39, 0.29) is 11.0 Å². The molecule has 34 heavy (non-hydrogen) atoms. The lowest BCUT2D eigenvalue weighted by Crippen LogP contribution is -2.28. The van der Waals surface area contributed by atoms with Gasteiger partial charge in [-0.2, -0.15) is 17.6 Å². The standard InChI is InChI=1S/C26H25F4N3O/c27-23-14-18(9-10-31-23)22-4-3-13-33(24(22)34)12-2-1-11-32-16-21-15-25(21,17-32)19-5-7-20(8-6-19)26(28,29)30/h3-10,13-14,21H,1-2,11-12,15-17H2/t21-,25+/m0/s1. The van der Waals surface area contributed by atoms with Gasteiger partial charge in [0.2, 0.25) is 5.95 Å². The molecular formula is C26H25F4N3O. The maximum absolute atomic E-state index is 13.4. The molecule has 4 nitrogen and oxygen atoms in total. The van der Waals surface area contributed by atoms with Gasteiger partial charge in [0.25, 0.3) is 5.56 Å². The molecule has 5 rings (SSSR count). The Morgan fingerprint density at radius 3 is 2.56 bits per heavy atom. The predicted octanol–water partition coefficient (Wildman–Crippen LogP) is 5.12. The van der Waals surface area contributed by atoms with Crippen LogP contribution in [0.5, 0.6) is 0 Å². The Hall–Kier alpha value is -3.00. The van der Waals surface area contributed by atoms with Crippen LogP contribution in [0.1, 0.15) is 30.4 Å². The van der Waals surface area contributed by atoms with Crippen molar-refractivity contribution in [2.75, 3.05) is 19.6 Å². The van der Waals surface area contributed by atoms with E-state index in [0.29, 0.717) is 23.6 Å². The molecule has 1 saturated heterocycles. The number of aryl methyl sites for hydroxylation is 1. The SMILES string of the molecule is O=c1c(-c2ccnc(F)c2)cccn1CCCCN1C[C@@H]2C[C@]2(c2ccc(C(F)(F)F)cc2)C1. The monoisotopic (exact) mass is 471 g/mol. The Labute approximate surface area is 194 Å². The zero-order valence-electron chi connectivity index (χ0n) is 18.6. The highest BCUT2D eigenvalue weighted by molar-refractivity contribution is 5.61. The van der Waals surface area contributed by atoms with E-state index in [1.54, 1.807) is 41.1 Å². The first-order valence-electron chi connectivity index (χ1n) is 11.5. The van der Waals surface area contributed by atoms with Crippen LogP contribution in [0.15, 0.2) is 65.7 Å². The highest BCUT2D eigenvalue weighted by Gasteiger charge is 2.60. The maximum atomic E-state index is 13.4. The van der Waals surface area contributed by atoms with E-state index in [1.165, 1.54) is 24.4 Å². The smallest absolute Gasteiger partial charge is 0.315 e. The van der Waals surface area contributed by atoms with Crippen LogP contribution in [-0.2, 0) is 18.1 Å². The molecule has 0 spiro atoms. The lowest BCUT2D eigenvalue weighted by atomic mass is 9.94. The van der Waals surface area contributed by atoms with Gasteiger partial charge in [-0.15, -0.1) is 0 Å². The molecule has 2 atom stereocenters. The van der Waals surface area contributed by atoms with E-state index in [9.17, 15) is 22.4 Å². The van der Waals surface area contributed by atoms with Crippen LogP contribution in [0.4, 0.5) is 17.6 Å². The Balaban J connectivity index is 1.15. The summed E-state index contributed by atoms with van der Waals surface area (Å²) in [5.74, 6) is -0.116. The van der Waals surface area contributed by atoms with Crippen LogP contribution in [0, 0.1) is 11.9 Å². The van der Waals surface area contributed by atoms with E-state index in [1.807, 2.05) is 0 Å². The average molecular weight is 471 g/mol. The fraction of sp³-hybridized carbons (Fsp3) is 0.385. The molecule has 3 aromatic rings. The van der Waals surface area contributed by atoms with Gasteiger partial charge in [-0.1, -0.05) is 12.1 Å². The summed E-state index contributed by atoms with van der Waals surface area (Å²) in [6, 6.07) is 12.0. The molecule has 1 aliphatic heterocycles. The molecule has 8 heteroatoms. The number of aromatic nitrogens is 2. The molecular weight excluding hydrogens is 446 g/mol. The first kappa shape index (κ1) is 22.8. The molecule has 0 radical (unpaired) electrons. The highest BCUT2D eigenvalue weighted by Crippen LogP contribution is 2.59. The van der Waals surface area contributed by atoms with Crippen LogP contribution in [0.2, 0.25) is 0 Å². The number of nitrogens with zero attached hydrogens (tertiary/aromatic N) is 3. The molecule has 0 bridgehead atoms. The number of piperidine rings is 1. The van der Waals surface area contributed by atoms with Gasteiger partial charge in [-0.05, 0) is 73.2 Å². The van der Waals surface area contributed by atoms with Gasteiger partial charge in [-0.25, -0.2) is 4.98 Å². The normalized spacial score (nSPS) is 22.1. The average Bonchev–Trinajstić information content (AvgIpc) is 3.38. The molecule has 3 heterocycles. The van der Waals surface area contributed by atoms with E-state index < -0.39 is 17.7 Å². The van der Waals surface area contributed by atoms with Gasteiger partial charge >= 0.3 is 6.18 Å². The summed E-state index contributed by atoms with van der Waals surface area (Å²) in [5, 5.41) is 0. The first-order valence-corrected chi connectivity index (χ1v) is 11.5. The second kappa shape index (κ2) is 8.65. The predicted molar refractivity (Wildman–Crippen MR) is 121 cm³/mol. The van der Waals surface area contributed by atoms with Gasteiger partial charge in [0.05, 0.1) is 5.56 Å². The third-order valence-corrected chi connectivity index (χ3v) is 7.18. The van der Waals surface area contributed by atoms with Crippen molar-refractivity contribution in [3.05, 3.63) is 88.4 Å². The van der Waals surface area contributed by atoms with Crippen molar-refractivity contribution in [1.82, 2.24) is 14.5 Å². The van der Waals surface area contributed by atoms with Crippen molar-refractivity contribution in [3.8, 4) is 11.1 Å². The zero-order valence-corrected chi connectivity index (χ0v) is 18.6. The van der Waals surface area contributed by atoms with Crippen molar-refractivity contribution in [3.63, 3.8) is 0 Å². The van der Waals surface area contributed by atoms with Crippen LogP contribution >= 0.6 is 0 Å². The summed E-state index contributed by atoms with van der Waals surface area (Å²) in [4.78, 5) is 18.7. The third kappa shape index (κ3) is 4.39. The highest BCUT2D eigenvalue weighted by atomic mass is 19.4. The number of pyridine rings is 2. The summed E-state index contributed by atoms with van der Waals surface area (Å²) in [5.41, 5.74) is 1.20. The van der Waals surface area contributed by atoms with Gasteiger partial charge in [0, 0.05) is 49.1 Å². The fourth-order valence-corrected chi connectivity index (χ4v) is 5.32. The molecule has 0 unspecified atom stereocenters. The maximum Gasteiger partial charge on any atom is 0.416 e. The Morgan fingerprint density at radius 1 is 1.06 bits per heavy atom. The molecule has 178 valence electrons. The van der Waals surface area contributed by atoms with Gasteiger partial charge in [0.1, 0.15) is 0 Å².